The van der Waals surface area contributed by atoms with Crippen LogP contribution in [0.25, 0.3) is 0 Å². The van der Waals surface area contributed by atoms with Crippen molar-refractivity contribution in [2.45, 2.75) is 12.4 Å². The van der Waals surface area contributed by atoms with E-state index in [-0.39, 0.29) is 12.1 Å². The Morgan fingerprint density at radius 2 is 1.42 bits per heavy atom. The summed E-state index contributed by atoms with van der Waals surface area (Å²) in [6, 6.07) is 0.0122. The van der Waals surface area contributed by atoms with Crippen molar-refractivity contribution in [1.82, 2.24) is 0 Å². The third-order valence-corrected chi connectivity index (χ3v) is 2.19. The van der Waals surface area contributed by atoms with Crippen LogP contribution in [-0.4, -0.2) is 17.4 Å². The molecule has 1 aromatic rings. The highest BCUT2D eigenvalue weighted by atomic mass is 19.4. The Labute approximate surface area is 101 Å². The van der Waals surface area contributed by atoms with Gasteiger partial charge in [-0.1, -0.05) is 0 Å². The van der Waals surface area contributed by atoms with Crippen LogP contribution >= 0.6 is 0 Å². The zero-order valence-corrected chi connectivity index (χ0v) is 8.76. The number of carboxylic acids is 1. The van der Waals surface area contributed by atoms with Crippen LogP contribution in [0.1, 0.15) is 31.8 Å². The van der Waals surface area contributed by atoms with Crippen LogP contribution in [0.2, 0.25) is 0 Å². The summed E-state index contributed by atoms with van der Waals surface area (Å²) < 4.78 is 74.9. The number of aromatic carboxylic acids is 1. The first kappa shape index (κ1) is 15.0. The smallest absolute Gasteiger partial charge is 0.417 e. The van der Waals surface area contributed by atoms with E-state index in [0.29, 0.717) is 0 Å². The second-order valence-corrected chi connectivity index (χ2v) is 3.37. The topological polar surface area (TPSA) is 54.4 Å². The van der Waals surface area contributed by atoms with Crippen molar-refractivity contribution in [1.29, 1.82) is 0 Å². The normalized spacial score (nSPS) is 12.3. The SMILES string of the molecule is O=Cc1c(C(F)(F)F)ccc(C(F)(F)F)c1C(=O)O. The maximum atomic E-state index is 12.5. The summed E-state index contributed by atoms with van der Waals surface area (Å²) >= 11 is 0. The summed E-state index contributed by atoms with van der Waals surface area (Å²) in [5, 5.41) is 8.60. The maximum absolute atomic E-state index is 12.5. The van der Waals surface area contributed by atoms with Crippen molar-refractivity contribution in [2.75, 3.05) is 0 Å². The van der Waals surface area contributed by atoms with Crippen LogP contribution in [-0.2, 0) is 12.4 Å². The lowest BCUT2D eigenvalue weighted by molar-refractivity contribution is -0.141. The average Bonchev–Trinajstić information content (AvgIpc) is 2.24. The molecule has 0 unspecified atom stereocenters. The second kappa shape index (κ2) is 4.56. The van der Waals surface area contributed by atoms with Gasteiger partial charge in [-0.15, -0.1) is 0 Å². The highest BCUT2D eigenvalue weighted by Gasteiger charge is 2.41. The minimum atomic E-state index is -5.18. The molecule has 0 aromatic heterocycles. The van der Waals surface area contributed by atoms with Gasteiger partial charge in [-0.2, -0.15) is 26.3 Å². The van der Waals surface area contributed by atoms with Gasteiger partial charge in [0.2, 0.25) is 0 Å². The molecule has 0 amide bonds. The summed E-state index contributed by atoms with van der Waals surface area (Å²) in [6.07, 6.45) is -10.9. The van der Waals surface area contributed by atoms with Gasteiger partial charge in [0.1, 0.15) is 0 Å². The Morgan fingerprint density at radius 3 is 1.74 bits per heavy atom. The molecule has 0 heterocycles. The first-order chi connectivity index (χ1) is 8.50. The molecule has 0 saturated heterocycles. The number of hydrogen-bond acceptors (Lipinski definition) is 2. The lowest BCUT2D eigenvalue weighted by Gasteiger charge is -2.16. The monoisotopic (exact) mass is 286 g/mol. The molecular weight excluding hydrogens is 282 g/mol. The predicted octanol–water partition coefficient (Wildman–Crippen LogP) is 3.23. The molecule has 1 rings (SSSR count). The first-order valence-corrected chi connectivity index (χ1v) is 4.50. The molecule has 0 aliphatic carbocycles. The van der Waals surface area contributed by atoms with Gasteiger partial charge < -0.3 is 5.11 Å². The third kappa shape index (κ3) is 2.85. The summed E-state index contributed by atoms with van der Waals surface area (Å²) in [6.45, 7) is 0. The highest BCUT2D eigenvalue weighted by Crippen LogP contribution is 2.38. The van der Waals surface area contributed by atoms with Crippen molar-refractivity contribution < 1.29 is 41.0 Å². The Balaban J connectivity index is 3.77. The third-order valence-electron chi connectivity index (χ3n) is 2.19. The van der Waals surface area contributed by atoms with E-state index in [0.717, 1.165) is 0 Å². The predicted molar refractivity (Wildman–Crippen MR) is 48.8 cm³/mol. The van der Waals surface area contributed by atoms with Gasteiger partial charge in [-0.25, -0.2) is 4.79 Å². The molecule has 9 heteroatoms. The van der Waals surface area contributed by atoms with Crippen molar-refractivity contribution in [3.63, 3.8) is 0 Å². The van der Waals surface area contributed by atoms with E-state index in [1.807, 2.05) is 0 Å². The fourth-order valence-electron chi connectivity index (χ4n) is 1.46. The quantitative estimate of drug-likeness (QED) is 0.670. The zero-order valence-electron chi connectivity index (χ0n) is 8.76. The first-order valence-electron chi connectivity index (χ1n) is 4.50. The molecule has 104 valence electrons. The Kier molecular flexibility index (Phi) is 3.60. The van der Waals surface area contributed by atoms with Gasteiger partial charge in [-0.3, -0.25) is 4.79 Å². The van der Waals surface area contributed by atoms with Gasteiger partial charge in [-0.05, 0) is 12.1 Å². The summed E-state index contributed by atoms with van der Waals surface area (Å²) in [5.74, 6) is -2.26. The van der Waals surface area contributed by atoms with Crippen LogP contribution in [0, 0.1) is 0 Å². The van der Waals surface area contributed by atoms with Gasteiger partial charge in [0.15, 0.2) is 6.29 Å². The number of benzene rings is 1. The van der Waals surface area contributed by atoms with Crippen LogP contribution in [0.3, 0.4) is 0 Å². The Morgan fingerprint density at radius 1 is 1.00 bits per heavy atom. The van der Waals surface area contributed by atoms with E-state index in [1.165, 1.54) is 0 Å². The number of rotatable bonds is 2. The van der Waals surface area contributed by atoms with Crippen LogP contribution < -0.4 is 0 Å². The summed E-state index contributed by atoms with van der Waals surface area (Å²) in [5.41, 5.74) is -6.80. The molecule has 3 nitrogen and oxygen atoms in total. The lowest BCUT2D eigenvalue weighted by Crippen LogP contribution is -2.19. The number of aldehydes is 1. The Bertz CT molecular complexity index is 529. The number of carbonyl (C=O) groups excluding carboxylic acids is 1. The molecule has 0 spiro atoms. The highest BCUT2D eigenvalue weighted by molar-refractivity contribution is 5.99. The van der Waals surface area contributed by atoms with Crippen LogP contribution in [0.5, 0.6) is 0 Å². The molecule has 0 aliphatic rings. The molecule has 0 aliphatic heterocycles. The molecule has 1 N–H and O–H groups in total. The standard InChI is InChI=1S/C10H4F6O3/c11-9(12,13)5-1-2-6(10(14,15)16)7(8(18)19)4(5)3-17/h1-3H,(H,18,19). The minimum Gasteiger partial charge on any atom is -0.478 e. The van der Waals surface area contributed by atoms with E-state index in [9.17, 15) is 35.9 Å². The van der Waals surface area contributed by atoms with E-state index in [2.05, 4.69) is 0 Å². The van der Waals surface area contributed by atoms with Gasteiger partial charge >= 0.3 is 18.3 Å². The van der Waals surface area contributed by atoms with Crippen LogP contribution in [0.4, 0.5) is 26.3 Å². The van der Waals surface area contributed by atoms with Crippen molar-refractivity contribution in [3.8, 4) is 0 Å². The molecule has 0 radical (unpaired) electrons. The van der Waals surface area contributed by atoms with Gasteiger partial charge in [0.25, 0.3) is 0 Å². The lowest BCUT2D eigenvalue weighted by atomic mass is 9.96. The molecule has 0 bridgehead atoms. The Hall–Kier alpha value is -2.06. The fraction of sp³-hybridized carbons (Fsp3) is 0.200. The van der Waals surface area contributed by atoms with Crippen LogP contribution in [0.15, 0.2) is 12.1 Å². The van der Waals surface area contributed by atoms with Crippen molar-refractivity contribution >= 4 is 12.3 Å². The second-order valence-electron chi connectivity index (χ2n) is 3.37. The summed E-state index contributed by atoms with van der Waals surface area (Å²) in [7, 11) is 0. The number of hydrogen-bond donors (Lipinski definition) is 1. The molecule has 19 heavy (non-hydrogen) atoms. The van der Waals surface area contributed by atoms with E-state index in [1.54, 1.807) is 0 Å². The summed E-state index contributed by atoms with van der Waals surface area (Å²) in [4.78, 5) is 21.2. The molecule has 0 fully saturated rings. The van der Waals surface area contributed by atoms with E-state index < -0.39 is 46.9 Å². The molecule has 0 saturated carbocycles. The number of carboxylic acid groups (broad SMARTS) is 1. The van der Waals surface area contributed by atoms with Crippen molar-refractivity contribution in [2.24, 2.45) is 0 Å². The fourth-order valence-corrected chi connectivity index (χ4v) is 1.46. The van der Waals surface area contributed by atoms with E-state index >= 15 is 0 Å². The minimum absolute atomic E-state index is 0.0146. The maximum Gasteiger partial charge on any atom is 0.417 e. The molecular formula is C10H4F6O3. The zero-order chi connectivity index (χ0) is 15.0. The molecule has 1 aromatic carbocycles. The largest absolute Gasteiger partial charge is 0.478 e. The number of carbonyl (C=O) groups is 2. The average molecular weight is 286 g/mol. The van der Waals surface area contributed by atoms with Gasteiger partial charge in [0.05, 0.1) is 16.7 Å². The molecule has 0 atom stereocenters. The van der Waals surface area contributed by atoms with Gasteiger partial charge in [0, 0.05) is 5.56 Å². The number of halogens is 6. The van der Waals surface area contributed by atoms with Crippen molar-refractivity contribution in [3.05, 3.63) is 34.4 Å². The number of alkyl halides is 6. The van der Waals surface area contributed by atoms with E-state index in [4.69, 9.17) is 5.11 Å².